The zero-order valence-electron chi connectivity index (χ0n) is 13.6. The molecule has 5 nitrogen and oxygen atoms in total. The predicted octanol–water partition coefficient (Wildman–Crippen LogP) is 1.60. The van der Waals surface area contributed by atoms with Crippen LogP contribution < -0.4 is 10.6 Å². The first-order valence-electron chi connectivity index (χ1n) is 7.78. The molecule has 0 bridgehead atoms. The van der Waals surface area contributed by atoms with Crippen molar-refractivity contribution in [2.24, 2.45) is 22.2 Å². The Bertz CT molecular complexity index is 363. The quantitative estimate of drug-likeness (QED) is 0.365. The molecule has 21 heavy (non-hydrogen) atoms. The van der Waals surface area contributed by atoms with Crippen LogP contribution >= 0.6 is 24.0 Å². The van der Waals surface area contributed by atoms with Gasteiger partial charge in [0.2, 0.25) is 0 Å². The first kappa shape index (κ1) is 19.0. The summed E-state index contributed by atoms with van der Waals surface area (Å²) in [4.78, 5) is 4.58. The summed E-state index contributed by atoms with van der Waals surface area (Å²) in [6.07, 6.45) is 1.53. The summed E-state index contributed by atoms with van der Waals surface area (Å²) in [7, 11) is 0. The minimum Gasteiger partial charge on any atom is -0.396 e. The van der Waals surface area contributed by atoms with Gasteiger partial charge in [-0.15, -0.1) is 24.0 Å². The Morgan fingerprint density at radius 2 is 2.19 bits per heavy atom. The van der Waals surface area contributed by atoms with Crippen LogP contribution in [0.1, 0.15) is 34.1 Å². The van der Waals surface area contributed by atoms with E-state index in [1.807, 2.05) is 6.92 Å². The lowest BCUT2D eigenvalue weighted by Crippen LogP contribution is -2.68. The van der Waals surface area contributed by atoms with Crippen LogP contribution in [0, 0.1) is 17.3 Å². The summed E-state index contributed by atoms with van der Waals surface area (Å²) in [6, 6.07) is 0.414. The van der Waals surface area contributed by atoms with Gasteiger partial charge in [-0.3, -0.25) is 4.99 Å². The molecule has 0 radical (unpaired) electrons. The number of fused-ring (bicyclic) bond motifs is 1. The molecule has 2 fully saturated rings. The molecule has 0 amide bonds. The average molecular weight is 411 g/mol. The molecule has 0 spiro atoms. The van der Waals surface area contributed by atoms with Crippen LogP contribution in [0.4, 0.5) is 0 Å². The average Bonchev–Trinajstić information content (AvgIpc) is 2.88. The second-order valence-corrected chi connectivity index (χ2v) is 6.69. The molecular formula is C15H30IN3O2. The molecule has 1 aliphatic heterocycles. The molecule has 1 saturated carbocycles. The maximum Gasteiger partial charge on any atom is 0.191 e. The lowest BCUT2D eigenvalue weighted by Gasteiger charge is -2.54. The van der Waals surface area contributed by atoms with Gasteiger partial charge in [0.25, 0.3) is 0 Å². The van der Waals surface area contributed by atoms with Crippen LogP contribution in [0.15, 0.2) is 4.99 Å². The van der Waals surface area contributed by atoms with Crippen molar-refractivity contribution < 1.29 is 9.84 Å². The SMILES string of the molecule is CCNC(=NCC(C)CO)NC1C2CCOC2C1(C)C.I. The van der Waals surface area contributed by atoms with Gasteiger partial charge in [-0.25, -0.2) is 0 Å². The fourth-order valence-corrected chi connectivity index (χ4v) is 3.39. The van der Waals surface area contributed by atoms with Crippen molar-refractivity contribution in [3.63, 3.8) is 0 Å². The zero-order valence-corrected chi connectivity index (χ0v) is 15.9. The largest absolute Gasteiger partial charge is 0.396 e. The van der Waals surface area contributed by atoms with Gasteiger partial charge in [0.1, 0.15) is 0 Å². The topological polar surface area (TPSA) is 65.9 Å². The first-order chi connectivity index (χ1) is 9.50. The Morgan fingerprint density at radius 1 is 1.48 bits per heavy atom. The van der Waals surface area contributed by atoms with Crippen molar-refractivity contribution in [3.05, 3.63) is 0 Å². The van der Waals surface area contributed by atoms with E-state index in [0.29, 0.717) is 24.6 Å². The van der Waals surface area contributed by atoms with Crippen molar-refractivity contribution in [1.29, 1.82) is 0 Å². The van der Waals surface area contributed by atoms with E-state index in [1.54, 1.807) is 0 Å². The molecule has 0 aromatic rings. The summed E-state index contributed by atoms with van der Waals surface area (Å²) in [5.74, 6) is 1.66. The normalized spacial score (nSPS) is 31.7. The van der Waals surface area contributed by atoms with Crippen molar-refractivity contribution >= 4 is 29.9 Å². The fraction of sp³-hybridized carbons (Fsp3) is 0.933. The van der Waals surface area contributed by atoms with Crippen LogP contribution in [-0.4, -0.2) is 49.5 Å². The monoisotopic (exact) mass is 411 g/mol. The Morgan fingerprint density at radius 3 is 2.81 bits per heavy atom. The number of aliphatic hydroxyl groups is 1. The van der Waals surface area contributed by atoms with E-state index in [4.69, 9.17) is 9.84 Å². The smallest absolute Gasteiger partial charge is 0.191 e. The number of nitrogens with one attached hydrogen (secondary N) is 2. The summed E-state index contributed by atoms with van der Waals surface area (Å²) < 4.78 is 5.82. The van der Waals surface area contributed by atoms with E-state index in [1.165, 1.54) is 0 Å². The van der Waals surface area contributed by atoms with E-state index in [0.717, 1.165) is 25.5 Å². The van der Waals surface area contributed by atoms with Crippen molar-refractivity contribution in [3.8, 4) is 0 Å². The summed E-state index contributed by atoms with van der Waals surface area (Å²) in [5, 5.41) is 16.0. The molecule has 2 aliphatic rings. The van der Waals surface area contributed by atoms with Crippen LogP contribution in [0.2, 0.25) is 0 Å². The number of guanidine groups is 1. The number of aliphatic hydroxyl groups excluding tert-OH is 1. The predicted molar refractivity (Wildman–Crippen MR) is 96.2 cm³/mol. The maximum absolute atomic E-state index is 9.10. The van der Waals surface area contributed by atoms with Gasteiger partial charge in [0.15, 0.2) is 5.96 Å². The van der Waals surface area contributed by atoms with Gasteiger partial charge in [0.05, 0.1) is 6.10 Å². The molecule has 1 saturated heterocycles. The molecule has 4 unspecified atom stereocenters. The molecule has 0 aromatic heterocycles. The van der Waals surface area contributed by atoms with E-state index in [-0.39, 0.29) is 41.9 Å². The molecule has 0 aromatic carbocycles. The van der Waals surface area contributed by atoms with Gasteiger partial charge in [0, 0.05) is 43.7 Å². The lowest BCUT2D eigenvalue weighted by atomic mass is 9.57. The molecule has 1 aliphatic carbocycles. The second-order valence-electron chi connectivity index (χ2n) is 6.69. The van der Waals surface area contributed by atoms with Crippen LogP contribution in [0.3, 0.4) is 0 Å². The Hall–Kier alpha value is -0.0800. The van der Waals surface area contributed by atoms with Gasteiger partial charge in [-0.2, -0.15) is 0 Å². The molecule has 124 valence electrons. The zero-order chi connectivity index (χ0) is 14.8. The summed E-state index contributed by atoms with van der Waals surface area (Å²) in [6.45, 7) is 11.1. The number of hydrogen-bond acceptors (Lipinski definition) is 3. The van der Waals surface area contributed by atoms with Crippen LogP contribution in [0.5, 0.6) is 0 Å². The Balaban J connectivity index is 0.00000220. The van der Waals surface area contributed by atoms with Crippen LogP contribution in [0.25, 0.3) is 0 Å². The number of hydrogen-bond donors (Lipinski definition) is 3. The van der Waals surface area contributed by atoms with Gasteiger partial charge >= 0.3 is 0 Å². The van der Waals surface area contributed by atoms with Gasteiger partial charge < -0.3 is 20.5 Å². The molecule has 1 heterocycles. The van der Waals surface area contributed by atoms with Crippen molar-refractivity contribution in [2.75, 3.05) is 26.3 Å². The standard InChI is InChI=1S/C15H29N3O2.HI/c1-5-16-14(17-8-10(2)9-19)18-12-11-6-7-20-13(11)15(12,3)4;/h10-13,19H,5-9H2,1-4H3,(H2,16,17,18);1H. The van der Waals surface area contributed by atoms with Crippen LogP contribution in [-0.2, 0) is 4.74 Å². The lowest BCUT2D eigenvalue weighted by molar-refractivity contribution is -0.106. The van der Waals surface area contributed by atoms with Crippen molar-refractivity contribution in [2.45, 2.75) is 46.3 Å². The maximum atomic E-state index is 9.10. The minimum atomic E-state index is 0. The van der Waals surface area contributed by atoms with E-state index in [2.05, 4.69) is 36.4 Å². The molecule has 2 rings (SSSR count). The number of rotatable bonds is 5. The van der Waals surface area contributed by atoms with E-state index >= 15 is 0 Å². The minimum absolute atomic E-state index is 0. The molecular weight excluding hydrogens is 381 g/mol. The van der Waals surface area contributed by atoms with E-state index in [9.17, 15) is 0 Å². The molecule has 4 atom stereocenters. The van der Waals surface area contributed by atoms with Crippen molar-refractivity contribution in [1.82, 2.24) is 10.6 Å². The van der Waals surface area contributed by atoms with E-state index < -0.39 is 0 Å². The summed E-state index contributed by atoms with van der Waals surface area (Å²) in [5.41, 5.74) is 0.153. The Labute approximate surface area is 145 Å². The highest BCUT2D eigenvalue weighted by Gasteiger charge is 2.59. The highest BCUT2D eigenvalue weighted by molar-refractivity contribution is 14.0. The molecule has 6 heteroatoms. The fourth-order valence-electron chi connectivity index (χ4n) is 3.39. The second kappa shape index (κ2) is 7.97. The number of nitrogens with zero attached hydrogens (tertiary/aromatic N) is 1. The number of halogens is 1. The third-order valence-corrected chi connectivity index (χ3v) is 4.61. The third kappa shape index (κ3) is 4.01. The third-order valence-electron chi connectivity index (χ3n) is 4.61. The first-order valence-corrected chi connectivity index (χ1v) is 7.78. The van der Waals surface area contributed by atoms with Gasteiger partial charge in [-0.05, 0) is 19.3 Å². The van der Waals surface area contributed by atoms with Gasteiger partial charge in [-0.1, -0.05) is 20.8 Å². The Kier molecular flexibility index (Phi) is 7.19. The molecule has 3 N–H and O–H groups in total. The number of ether oxygens (including phenoxy) is 1. The summed E-state index contributed by atoms with van der Waals surface area (Å²) >= 11 is 0. The highest BCUT2D eigenvalue weighted by atomic mass is 127. The number of aliphatic imine (C=N–C) groups is 1. The highest BCUT2D eigenvalue weighted by Crippen LogP contribution is 2.52.